The molecule has 6 aliphatic heterocycles. The van der Waals surface area contributed by atoms with Gasteiger partial charge in [0.15, 0.2) is 55.7 Å². The molecule has 0 saturated carbocycles. The Bertz CT molecular complexity index is 2900. The summed E-state index contributed by atoms with van der Waals surface area (Å²) < 4.78 is 61.0. The molecule has 14 nitrogen and oxygen atoms in total. The summed E-state index contributed by atoms with van der Waals surface area (Å²) in [5, 5.41) is 0. The van der Waals surface area contributed by atoms with E-state index in [9.17, 15) is 19.2 Å². The second-order valence-electron chi connectivity index (χ2n) is 34.2. The number of ketones is 3. The van der Waals surface area contributed by atoms with E-state index in [1.807, 2.05) is 0 Å². The van der Waals surface area contributed by atoms with Gasteiger partial charge in [0.2, 0.25) is 0 Å². The van der Waals surface area contributed by atoms with E-state index < -0.39 is 49.9 Å². The third-order valence-electron chi connectivity index (χ3n) is 23.2. The average molecular weight is 1530 g/mol. The normalized spacial score (nSPS) is 29.6. The first-order valence-electron chi connectivity index (χ1n) is 40.9. The predicted octanol–water partition coefficient (Wildman–Crippen LogP) is 21.9. The molecule has 0 aromatic heterocycles. The Morgan fingerprint density at radius 2 is 0.680 bits per heavy atom. The van der Waals surface area contributed by atoms with Gasteiger partial charge >= 0.3 is 5.97 Å². The SMILES string of the molecule is CC1CCC[Si](C)(CCCC(=O)CCOCCC(=O)CCC[Si]2(C)CCCC(C)O2)O1.CC1CCC[Si](C)(CCCOC(=O)c2cccc(C(=O)CCC[Si]3(C)CCCC(C)O3)c2)O1.CC1CCC[Si](C)(CCCOc2ccc(C(C)(C)c3ccc(OCCC[Si]4(C)CCCC(C)O4)cc3)cc2)O1. The lowest BCUT2D eigenvalue weighted by atomic mass is 9.78. The van der Waals surface area contributed by atoms with E-state index in [1.54, 1.807) is 24.3 Å². The molecule has 12 unspecified atom stereocenters. The van der Waals surface area contributed by atoms with Crippen molar-refractivity contribution in [3.8, 4) is 11.5 Å². The number of ether oxygens (including phenoxy) is 4. The Morgan fingerprint density at radius 3 is 1.01 bits per heavy atom. The summed E-state index contributed by atoms with van der Waals surface area (Å²) in [7, 11) is -9.54. The minimum absolute atomic E-state index is 0.0913. The zero-order chi connectivity index (χ0) is 74.6. The van der Waals surface area contributed by atoms with Crippen LogP contribution in [0, 0.1) is 0 Å². The van der Waals surface area contributed by atoms with Crippen molar-refractivity contribution < 1.29 is 64.7 Å². The number of esters is 1. The Balaban J connectivity index is 0.000000218. The first-order valence-corrected chi connectivity index (χ1v) is 57.8. The fourth-order valence-corrected chi connectivity index (χ4v) is 37.6. The van der Waals surface area contributed by atoms with Crippen LogP contribution < -0.4 is 9.47 Å². The summed E-state index contributed by atoms with van der Waals surface area (Å²) in [6.07, 6.45) is 25.6. The van der Waals surface area contributed by atoms with Gasteiger partial charge in [-0.05, 0) is 278 Å². The van der Waals surface area contributed by atoms with Gasteiger partial charge in [0.25, 0.3) is 0 Å². The highest BCUT2D eigenvalue weighted by atomic mass is 28.4. The number of rotatable bonds is 36. The topological polar surface area (TPSA) is 161 Å². The molecule has 0 N–H and O–H groups in total. The third kappa shape index (κ3) is 31.3. The molecule has 103 heavy (non-hydrogen) atoms. The lowest BCUT2D eigenvalue weighted by molar-refractivity contribution is -0.120. The first kappa shape index (κ1) is 87.0. The number of carbonyl (C=O) groups excluding carboxylic acids is 4. The summed E-state index contributed by atoms with van der Waals surface area (Å²) in [5.74, 6) is 2.19. The van der Waals surface area contributed by atoms with E-state index in [2.05, 4.69) is 143 Å². The van der Waals surface area contributed by atoms with E-state index in [4.69, 9.17) is 45.5 Å². The summed E-state index contributed by atoms with van der Waals surface area (Å²) >= 11 is 0. The molecule has 0 bridgehead atoms. The molecule has 6 saturated heterocycles. The summed E-state index contributed by atoms with van der Waals surface area (Å²) in [6, 6.07) is 38.3. The molecule has 0 spiro atoms. The van der Waals surface area contributed by atoms with Crippen LogP contribution >= 0.6 is 0 Å². The standard InChI is InChI=1S/C33H52O4Si2.C26H42O5Si2.C24H46O5Si2/c1-27-11-7-23-38(5,36-27)25-9-21-34-31-17-13-29(14-18-31)33(3,4)30-15-19-32(20-16-30)35-22-10-26-39(6)24-8-12-28(2)37-39;1-21-10-6-16-32(3,30-21)18-8-14-25(27)23-12-5-13-24(20-23)26(28)29-15-9-19-33(4)17-7-11-22(2)31-33;1-21-9-5-17-30(3,28-21)19-7-11-23(25)13-15-27-16-14-24(26)12-8-20-31(4)18-6-10-22(2)29-31/h13-20,27-28H,7-12,21-26H2,1-6H3;5,12-13,20-22H,6-11,14-19H2,1-4H3;21-22H,5-20H2,1-4H3. The van der Waals surface area contributed by atoms with E-state index in [1.165, 1.54) is 124 Å². The van der Waals surface area contributed by atoms with Crippen molar-refractivity contribution in [1.82, 2.24) is 0 Å². The van der Waals surface area contributed by atoms with Crippen molar-refractivity contribution in [3.05, 3.63) is 95.1 Å². The van der Waals surface area contributed by atoms with E-state index >= 15 is 0 Å². The maximum Gasteiger partial charge on any atom is 0.338 e. The van der Waals surface area contributed by atoms with Crippen LogP contribution in [0.1, 0.15) is 235 Å². The Morgan fingerprint density at radius 1 is 0.379 bits per heavy atom. The van der Waals surface area contributed by atoms with Crippen LogP contribution in [0.4, 0.5) is 0 Å². The van der Waals surface area contributed by atoms with Gasteiger partial charge in [0, 0.05) is 79.7 Å². The Hall–Kier alpha value is -3.24. The molecular formula is C83H140O14Si6. The Labute approximate surface area is 630 Å². The van der Waals surface area contributed by atoms with Gasteiger partial charge in [-0.3, -0.25) is 14.4 Å². The van der Waals surface area contributed by atoms with Crippen molar-refractivity contribution in [1.29, 1.82) is 0 Å². The van der Waals surface area contributed by atoms with Crippen molar-refractivity contribution in [2.45, 2.75) is 357 Å². The van der Waals surface area contributed by atoms with Gasteiger partial charge in [-0.1, -0.05) is 88.8 Å². The van der Waals surface area contributed by atoms with Crippen LogP contribution in [0.2, 0.25) is 112 Å². The van der Waals surface area contributed by atoms with Crippen LogP contribution in [0.5, 0.6) is 11.5 Å². The molecule has 6 fully saturated rings. The molecule has 6 aliphatic rings. The van der Waals surface area contributed by atoms with Crippen LogP contribution in [0.15, 0.2) is 72.8 Å². The van der Waals surface area contributed by atoms with Crippen molar-refractivity contribution in [2.24, 2.45) is 0 Å². The van der Waals surface area contributed by atoms with E-state index in [0.717, 1.165) is 100 Å². The van der Waals surface area contributed by atoms with Gasteiger partial charge < -0.3 is 45.5 Å². The largest absolute Gasteiger partial charge is 0.494 e. The molecular weight excluding hydrogens is 1390 g/mol. The number of hydrogen-bond acceptors (Lipinski definition) is 14. The van der Waals surface area contributed by atoms with E-state index in [0.29, 0.717) is 99.7 Å². The third-order valence-corrected chi connectivity index (χ3v) is 46.0. The maximum absolute atomic E-state index is 12.7. The monoisotopic (exact) mass is 1530 g/mol. The number of hydrogen-bond donors (Lipinski definition) is 0. The molecule has 9 rings (SSSR count). The van der Waals surface area contributed by atoms with Gasteiger partial charge in [-0.25, -0.2) is 4.79 Å². The minimum Gasteiger partial charge on any atom is -0.494 e. The van der Waals surface area contributed by atoms with Gasteiger partial charge in [0.1, 0.15) is 23.1 Å². The van der Waals surface area contributed by atoms with Crippen LogP contribution in [-0.2, 0) is 51.0 Å². The molecule has 0 amide bonds. The van der Waals surface area contributed by atoms with Gasteiger partial charge in [-0.2, -0.15) is 0 Å². The summed E-state index contributed by atoms with van der Waals surface area (Å²) in [6.45, 7) is 34.5. The molecule has 580 valence electrons. The second-order valence-corrected chi connectivity index (χ2v) is 59.0. The number of benzene rings is 3. The van der Waals surface area contributed by atoms with Crippen LogP contribution in [0.25, 0.3) is 0 Å². The molecule has 3 aromatic rings. The molecule has 20 heteroatoms. The second kappa shape index (κ2) is 42.7. The number of Topliss-reactive ketones (excluding diaryl/α,β-unsaturated/α-hetero) is 3. The van der Waals surface area contributed by atoms with Gasteiger partial charge in [0.05, 0.1) is 38.6 Å². The summed E-state index contributed by atoms with van der Waals surface area (Å²) in [5.41, 5.74) is 3.53. The maximum atomic E-state index is 12.7. The Kier molecular flexibility index (Phi) is 36.0. The highest BCUT2D eigenvalue weighted by Crippen LogP contribution is 2.38. The molecule has 6 heterocycles. The molecule has 12 atom stereocenters. The fraction of sp³-hybridized carbons (Fsp3) is 0.735. The molecule has 3 aromatic carbocycles. The predicted molar refractivity (Wildman–Crippen MR) is 435 cm³/mol. The van der Waals surface area contributed by atoms with Crippen molar-refractivity contribution in [2.75, 3.05) is 33.0 Å². The van der Waals surface area contributed by atoms with Crippen molar-refractivity contribution in [3.63, 3.8) is 0 Å². The number of carbonyl (C=O) groups is 4. The first-order chi connectivity index (χ1) is 48.9. The lowest BCUT2D eigenvalue weighted by Crippen LogP contribution is -2.41. The quantitative estimate of drug-likeness (QED) is 0.0234. The zero-order valence-corrected chi connectivity index (χ0v) is 72.9. The lowest BCUT2D eigenvalue weighted by Gasteiger charge is -2.35. The van der Waals surface area contributed by atoms with Crippen LogP contribution in [0.3, 0.4) is 0 Å². The smallest absolute Gasteiger partial charge is 0.338 e. The van der Waals surface area contributed by atoms with Gasteiger partial charge in [-0.15, -0.1) is 0 Å². The fourth-order valence-electron chi connectivity index (χ4n) is 17.0. The highest BCUT2D eigenvalue weighted by molar-refractivity contribution is 6.74. The summed E-state index contributed by atoms with van der Waals surface area (Å²) in [4.78, 5) is 49.5. The molecule has 0 radical (unpaired) electrons. The average Bonchev–Trinajstić information content (AvgIpc) is 0.799. The molecule has 0 aliphatic carbocycles. The van der Waals surface area contributed by atoms with E-state index in [-0.39, 0.29) is 28.7 Å². The van der Waals surface area contributed by atoms with Crippen molar-refractivity contribution >= 4 is 73.2 Å². The minimum atomic E-state index is -1.67. The highest BCUT2D eigenvalue weighted by Gasteiger charge is 2.39. The van der Waals surface area contributed by atoms with Crippen LogP contribution in [-0.4, -0.2) is 143 Å². The zero-order valence-electron chi connectivity index (χ0n) is 66.9.